The van der Waals surface area contributed by atoms with Gasteiger partial charge in [-0.3, -0.25) is 14.8 Å². The lowest BCUT2D eigenvalue weighted by molar-refractivity contribution is -0.118. The summed E-state index contributed by atoms with van der Waals surface area (Å²) >= 11 is 8.06. The SMILES string of the molecule is CCN1CCN(c2ccc(-c3cc(Cl)c4cn(C(C(=O)Nc5nccs5)c5ncn6c5CCC6)nc4c3F)cc2)CC1. The van der Waals surface area contributed by atoms with Crippen molar-refractivity contribution >= 4 is 50.6 Å². The molecule has 2 aliphatic rings. The zero-order valence-electron chi connectivity index (χ0n) is 23.1. The molecule has 1 unspecified atom stereocenters. The van der Waals surface area contributed by atoms with Gasteiger partial charge in [-0.2, -0.15) is 5.10 Å². The van der Waals surface area contributed by atoms with E-state index in [0.29, 0.717) is 32.4 Å². The summed E-state index contributed by atoms with van der Waals surface area (Å²) in [4.78, 5) is 27.2. The number of anilines is 2. The molecule has 2 aromatic carbocycles. The second-order valence-electron chi connectivity index (χ2n) is 10.7. The maximum atomic E-state index is 16.1. The van der Waals surface area contributed by atoms with Gasteiger partial charge in [-0.05, 0) is 43.1 Å². The molecule has 42 heavy (non-hydrogen) atoms. The molecule has 0 spiro atoms. The Bertz CT molecular complexity index is 1740. The third-order valence-electron chi connectivity index (χ3n) is 8.29. The van der Waals surface area contributed by atoms with Crippen LogP contribution in [0.15, 0.2) is 54.4 Å². The number of aromatic nitrogens is 5. The normalized spacial score (nSPS) is 16.2. The lowest BCUT2D eigenvalue weighted by atomic mass is 10.0. The lowest BCUT2D eigenvalue weighted by Gasteiger charge is -2.35. The van der Waals surface area contributed by atoms with Crippen LogP contribution in [0, 0.1) is 5.82 Å². The molecular weight excluding hydrogens is 575 g/mol. The number of nitrogens with zero attached hydrogens (tertiary/aromatic N) is 7. The molecule has 0 radical (unpaired) electrons. The molecule has 2 aliphatic heterocycles. The van der Waals surface area contributed by atoms with Crippen molar-refractivity contribution in [3.8, 4) is 11.1 Å². The Balaban J connectivity index is 1.24. The molecule has 216 valence electrons. The Hall–Kier alpha value is -3.80. The Labute approximate surface area is 251 Å². The van der Waals surface area contributed by atoms with Crippen LogP contribution in [-0.4, -0.2) is 67.8 Å². The van der Waals surface area contributed by atoms with Crippen LogP contribution in [0.3, 0.4) is 0 Å². The van der Waals surface area contributed by atoms with Crippen LogP contribution in [0.5, 0.6) is 0 Å². The fourth-order valence-corrected chi connectivity index (χ4v) is 6.78. The summed E-state index contributed by atoms with van der Waals surface area (Å²) in [6, 6.07) is 8.65. The number of hydrogen-bond acceptors (Lipinski definition) is 7. The maximum absolute atomic E-state index is 16.1. The monoisotopic (exact) mass is 604 g/mol. The molecule has 0 aliphatic carbocycles. The summed E-state index contributed by atoms with van der Waals surface area (Å²) in [6.07, 6.45) is 6.80. The number of benzene rings is 2. The molecule has 1 fully saturated rings. The zero-order chi connectivity index (χ0) is 28.8. The van der Waals surface area contributed by atoms with Crippen molar-refractivity contribution < 1.29 is 9.18 Å². The van der Waals surface area contributed by atoms with Crippen molar-refractivity contribution in [2.24, 2.45) is 0 Å². The first-order valence-electron chi connectivity index (χ1n) is 14.2. The number of carbonyl (C=O) groups excluding carboxylic acids is 1. The largest absolute Gasteiger partial charge is 0.369 e. The second kappa shape index (κ2) is 11.1. The summed E-state index contributed by atoms with van der Waals surface area (Å²) < 4.78 is 19.7. The van der Waals surface area contributed by atoms with Crippen LogP contribution in [0.1, 0.15) is 30.8 Å². The Morgan fingerprint density at radius 2 is 1.95 bits per heavy atom. The predicted octanol–water partition coefficient (Wildman–Crippen LogP) is 5.47. The Kier molecular flexibility index (Phi) is 7.17. The van der Waals surface area contributed by atoms with Crippen molar-refractivity contribution in [1.29, 1.82) is 0 Å². The molecular formula is C30H30ClFN8OS. The summed E-state index contributed by atoms with van der Waals surface area (Å²) in [5, 5.41) is 10.5. The third-order valence-corrected chi connectivity index (χ3v) is 9.29. The van der Waals surface area contributed by atoms with Gasteiger partial charge in [0.25, 0.3) is 5.91 Å². The average Bonchev–Trinajstić information content (AvgIpc) is 3.82. The summed E-state index contributed by atoms with van der Waals surface area (Å²) in [6.45, 7) is 8.10. The topological polar surface area (TPSA) is 84.1 Å². The van der Waals surface area contributed by atoms with Gasteiger partial charge in [0.2, 0.25) is 0 Å². The Morgan fingerprint density at radius 1 is 1.14 bits per heavy atom. The summed E-state index contributed by atoms with van der Waals surface area (Å²) in [7, 11) is 0. The van der Waals surface area contributed by atoms with Crippen LogP contribution in [-0.2, 0) is 17.8 Å². The highest BCUT2D eigenvalue weighted by Crippen LogP contribution is 2.36. The van der Waals surface area contributed by atoms with E-state index in [1.165, 1.54) is 16.0 Å². The minimum absolute atomic E-state index is 0.111. The molecule has 1 amide bonds. The van der Waals surface area contributed by atoms with E-state index < -0.39 is 11.9 Å². The van der Waals surface area contributed by atoms with Crippen LogP contribution in [0.25, 0.3) is 22.0 Å². The van der Waals surface area contributed by atoms with Gasteiger partial charge in [0.15, 0.2) is 17.0 Å². The van der Waals surface area contributed by atoms with Gasteiger partial charge in [-0.25, -0.2) is 14.4 Å². The molecule has 5 aromatic rings. The van der Waals surface area contributed by atoms with Gasteiger partial charge in [0.1, 0.15) is 5.52 Å². The third kappa shape index (κ3) is 4.85. The molecule has 12 heteroatoms. The minimum Gasteiger partial charge on any atom is -0.369 e. The fourth-order valence-electron chi connectivity index (χ4n) is 6.00. The van der Waals surface area contributed by atoms with Gasteiger partial charge in [0, 0.05) is 72.8 Å². The van der Waals surface area contributed by atoms with E-state index in [-0.39, 0.29) is 11.4 Å². The van der Waals surface area contributed by atoms with E-state index in [0.717, 1.165) is 63.5 Å². The van der Waals surface area contributed by atoms with E-state index in [1.54, 1.807) is 30.2 Å². The van der Waals surface area contributed by atoms with Crippen molar-refractivity contribution in [1.82, 2.24) is 29.2 Å². The number of aryl methyl sites for hydroxylation is 1. The maximum Gasteiger partial charge on any atom is 0.257 e. The van der Waals surface area contributed by atoms with Crippen LogP contribution in [0.4, 0.5) is 15.2 Å². The lowest BCUT2D eigenvalue weighted by Crippen LogP contribution is -2.46. The van der Waals surface area contributed by atoms with Crippen LogP contribution in [0.2, 0.25) is 5.02 Å². The number of halogens is 2. The van der Waals surface area contributed by atoms with Crippen molar-refractivity contribution in [2.45, 2.75) is 32.4 Å². The van der Waals surface area contributed by atoms with Crippen molar-refractivity contribution in [2.75, 3.05) is 42.9 Å². The van der Waals surface area contributed by atoms with E-state index in [1.807, 2.05) is 24.3 Å². The van der Waals surface area contributed by atoms with E-state index in [2.05, 4.69) is 41.7 Å². The minimum atomic E-state index is -0.915. The number of carbonyl (C=O) groups is 1. The standard InChI is InChI=1S/C30H30ClFN8OS/c1-2-37-11-13-38(14-12-37)20-7-5-19(6-8-20)21-16-23(31)22-17-40(36-26(22)25(21)32)28(29(41)35-30-33-9-15-42-30)27-24-4-3-10-39(24)18-34-27/h5-9,15-18,28H,2-4,10-14H2,1H3,(H,33,35,41). The van der Waals surface area contributed by atoms with E-state index in [9.17, 15) is 4.79 Å². The first-order chi connectivity index (χ1) is 20.5. The second-order valence-corrected chi connectivity index (χ2v) is 12.0. The molecule has 0 saturated carbocycles. The average molecular weight is 605 g/mol. The molecule has 5 heterocycles. The molecule has 3 aromatic heterocycles. The summed E-state index contributed by atoms with van der Waals surface area (Å²) in [5.41, 5.74) is 3.89. The highest BCUT2D eigenvalue weighted by Gasteiger charge is 2.32. The number of nitrogens with one attached hydrogen (secondary N) is 1. The Morgan fingerprint density at radius 3 is 2.69 bits per heavy atom. The predicted molar refractivity (Wildman–Crippen MR) is 164 cm³/mol. The summed E-state index contributed by atoms with van der Waals surface area (Å²) in [5.74, 6) is -0.829. The van der Waals surface area contributed by atoms with Crippen LogP contribution < -0.4 is 10.2 Å². The van der Waals surface area contributed by atoms with Gasteiger partial charge in [-0.1, -0.05) is 30.7 Å². The van der Waals surface area contributed by atoms with Gasteiger partial charge < -0.3 is 14.4 Å². The highest BCUT2D eigenvalue weighted by molar-refractivity contribution is 7.13. The zero-order valence-corrected chi connectivity index (χ0v) is 24.7. The van der Waals surface area contributed by atoms with Crippen molar-refractivity contribution in [3.63, 3.8) is 0 Å². The number of likely N-dealkylation sites (N-methyl/N-ethyl adjacent to an activating group) is 1. The molecule has 0 bridgehead atoms. The first-order valence-corrected chi connectivity index (χ1v) is 15.4. The quantitative estimate of drug-likeness (QED) is 0.265. The number of amides is 1. The van der Waals surface area contributed by atoms with Gasteiger partial charge in [0.05, 0.1) is 17.0 Å². The molecule has 9 nitrogen and oxygen atoms in total. The number of rotatable bonds is 7. The highest BCUT2D eigenvalue weighted by atomic mass is 35.5. The number of fused-ring (bicyclic) bond motifs is 2. The van der Waals surface area contributed by atoms with Gasteiger partial charge in [-0.15, -0.1) is 11.3 Å². The first kappa shape index (κ1) is 27.1. The molecule has 1 N–H and O–H groups in total. The molecule has 1 atom stereocenters. The van der Waals surface area contributed by atoms with Crippen LogP contribution >= 0.6 is 22.9 Å². The molecule has 1 saturated heterocycles. The number of hydrogen-bond donors (Lipinski definition) is 1. The smallest absolute Gasteiger partial charge is 0.257 e. The number of imidazole rings is 1. The number of piperazine rings is 1. The van der Waals surface area contributed by atoms with E-state index >= 15 is 4.39 Å². The number of thiazole rings is 1. The van der Waals surface area contributed by atoms with Crippen molar-refractivity contribution in [3.05, 3.63) is 76.7 Å². The van der Waals surface area contributed by atoms with Gasteiger partial charge >= 0.3 is 0 Å². The van der Waals surface area contributed by atoms with E-state index in [4.69, 9.17) is 11.6 Å². The molecule has 7 rings (SSSR count). The fraction of sp³-hybridized carbons (Fsp3) is 0.333.